The first-order valence-corrected chi connectivity index (χ1v) is 5.24. The second-order valence-corrected chi connectivity index (χ2v) is 4.38. The molecule has 0 bridgehead atoms. The first kappa shape index (κ1) is 10.2. The molecule has 0 aliphatic rings. The van der Waals surface area contributed by atoms with Crippen LogP contribution in [0.2, 0.25) is 0 Å². The molecule has 0 saturated heterocycles. The van der Waals surface area contributed by atoms with Crippen LogP contribution in [0, 0.1) is 20.8 Å². The molecule has 0 aromatic heterocycles. The smallest absolute Gasteiger partial charge is 0.189 e. The fraction of sp³-hybridized carbons (Fsp3) is 0.333. The molecule has 0 radical (unpaired) electrons. The van der Waals surface area contributed by atoms with Crippen LogP contribution in [0.1, 0.15) is 16.7 Å². The van der Waals surface area contributed by atoms with Crippen molar-refractivity contribution in [2.24, 2.45) is 0 Å². The molecule has 1 aromatic rings. The van der Waals surface area contributed by atoms with E-state index in [-0.39, 0.29) is 4.90 Å². The SMILES string of the molecule is Cc1ccc(C)c(S(=O)(=O)F)c1C. The van der Waals surface area contributed by atoms with Crippen LogP contribution >= 0.6 is 0 Å². The predicted molar refractivity (Wildman–Crippen MR) is 48.9 cm³/mol. The Labute approximate surface area is 77.6 Å². The summed E-state index contributed by atoms with van der Waals surface area (Å²) in [5.41, 5.74) is 1.72. The molecule has 1 aromatic carbocycles. The Morgan fingerprint density at radius 1 is 1.08 bits per heavy atom. The fourth-order valence-electron chi connectivity index (χ4n) is 1.30. The molecule has 0 saturated carbocycles. The molecular formula is C9H11FO2S. The van der Waals surface area contributed by atoms with Crippen LogP contribution < -0.4 is 0 Å². The molecule has 0 unspecified atom stereocenters. The third-order valence-electron chi connectivity index (χ3n) is 2.12. The summed E-state index contributed by atoms with van der Waals surface area (Å²) in [5, 5.41) is 0. The van der Waals surface area contributed by atoms with Gasteiger partial charge in [0.15, 0.2) is 0 Å². The average molecular weight is 202 g/mol. The summed E-state index contributed by atoms with van der Waals surface area (Å²) in [6, 6.07) is 3.38. The van der Waals surface area contributed by atoms with Crippen molar-refractivity contribution in [3.05, 3.63) is 28.8 Å². The summed E-state index contributed by atoms with van der Waals surface area (Å²) in [4.78, 5) is -0.187. The normalized spacial score (nSPS) is 11.7. The van der Waals surface area contributed by atoms with Crippen LogP contribution in [-0.2, 0) is 10.2 Å². The lowest BCUT2D eigenvalue weighted by molar-refractivity contribution is 0.550. The number of halogens is 1. The zero-order valence-electron chi connectivity index (χ0n) is 7.76. The minimum Gasteiger partial charge on any atom is -0.189 e. The second kappa shape index (κ2) is 3.10. The molecule has 0 spiro atoms. The van der Waals surface area contributed by atoms with Crippen molar-refractivity contribution >= 4 is 10.2 Å². The van der Waals surface area contributed by atoms with Gasteiger partial charge in [0.1, 0.15) is 4.90 Å². The Hall–Kier alpha value is -0.900. The average Bonchev–Trinajstić information content (AvgIpc) is 1.95. The van der Waals surface area contributed by atoms with Crippen LogP contribution in [0.25, 0.3) is 0 Å². The minimum atomic E-state index is -4.59. The van der Waals surface area contributed by atoms with Gasteiger partial charge in [-0.15, -0.1) is 3.89 Å². The molecule has 0 atom stereocenters. The highest BCUT2D eigenvalue weighted by molar-refractivity contribution is 7.86. The Morgan fingerprint density at radius 2 is 1.54 bits per heavy atom. The van der Waals surface area contributed by atoms with Gasteiger partial charge in [-0.05, 0) is 37.5 Å². The summed E-state index contributed by atoms with van der Waals surface area (Å²) >= 11 is 0. The van der Waals surface area contributed by atoms with Crippen LogP contribution in [-0.4, -0.2) is 8.42 Å². The van der Waals surface area contributed by atoms with Gasteiger partial charge in [0.05, 0.1) is 0 Å². The van der Waals surface area contributed by atoms with Crippen LogP contribution in [0.3, 0.4) is 0 Å². The highest BCUT2D eigenvalue weighted by Crippen LogP contribution is 2.24. The van der Waals surface area contributed by atoms with E-state index >= 15 is 0 Å². The van der Waals surface area contributed by atoms with Gasteiger partial charge in [0.2, 0.25) is 0 Å². The van der Waals surface area contributed by atoms with Gasteiger partial charge < -0.3 is 0 Å². The van der Waals surface area contributed by atoms with E-state index in [0.29, 0.717) is 11.1 Å². The molecule has 2 nitrogen and oxygen atoms in total. The van der Waals surface area contributed by atoms with E-state index in [2.05, 4.69) is 0 Å². The van der Waals surface area contributed by atoms with E-state index in [1.54, 1.807) is 32.9 Å². The first-order valence-electron chi connectivity index (χ1n) is 3.85. The number of benzene rings is 1. The van der Waals surface area contributed by atoms with Gasteiger partial charge in [-0.1, -0.05) is 12.1 Å². The number of hydrogen-bond acceptors (Lipinski definition) is 2. The van der Waals surface area contributed by atoms with E-state index in [4.69, 9.17) is 0 Å². The Kier molecular flexibility index (Phi) is 2.43. The van der Waals surface area contributed by atoms with Crippen molar-refractivity contribution in [3.8, 4) is 0 Å². The predicted octanol–water partition coefficient (Wildman–Crippen LogP) is 2.27. The van der Waals surface area contributed by atoms with Gasteiger partial charge in [0.25, 0.3) is 0 Å². The van der Waals surface area contributed by atoms with Gasteiger partial charge >= 0.3 is 10.2 Å². The molecule has 0 N–H and O–H groups in total. The molecule has 0 aliphatic heterocycles. The highest BCUT2D eigenvalue weighted by atomic mass is 32.3. The number of aryl methyl sites for hydroxylation is 2. The molecule has 4 heteroatoms. The Morgan fingerprint density at radius 3 is 1.92 bits per heavy atom. The van der Waals surface area contributed by atoms with Crippen molar-refractivity contribution in [2.75, 3.05) is 0 Å². The molecular weight excluding hydrogens is 191 g/mol. The van der Waals surface area contributed by atoms with E-state index in [1.165, 1.54) is 0 Å². The molecule has 0 fully saturated rings. The maximum atomic E-state index is 12.8. The number of hydrogen-bond donors (Lipinski definition) is 0. The standard InChI is InChI=1S/C9H11FO2S/c1-6-4-5-7(2)9(8(6)3)13(10,11)12/h4-5H,1-3H3. The molecule has 13 heavy (non-hydrogen) atoms. The van der Waals surface area contributed by atoms with Gasteiger partial charge in [-0.25, -0.2) is 0 Å². The lowest BCUT2D eigenvalue weighted by Gasteiger charge is -2.07. The van der Waals surface area contributed by atoms with Crippen molar-refractivity contribution in [2.45, 2.75) is 25.7 Å². The fourth-order valence-corrected chi connectivity index (χ4v) is 2.28. The van der Waals surface area contributed by atoms with Crippen LogP contribution in [0.15, 0.2) is 17.0 Å². The van der Waals surface area contributed by atoms with Crippen LogP contribution in [0.4, 0.5) is 3.89 Å². The van der Waals surface area contributed by atoms with Crippen molar-refractivity contribution in [1.29, 1.82) is 0 Å². The summed E-state index contributed by atoms with van der Waals surface area (Å²) < 4.78 is 34.3. The molecule has 72 valence electrons. The van der Waals surface area contributed by atoms with Gasteiger partial charge in [-0.3, -0.25) is 0 Å². The van der Waals surface area contributed by atoms with Crippen molar-refractivity contribution in [1.82, 2.24) is 0 Å². The monoisotopic (exact) mass is 202 g/mol. The molecule has 0 amide bonds. The zero-order chi connectivity index (χ0) is 10.2. The second-order valence-electron chi connectivity index (χ2n) is 3.09. The maximum Gasteiger partial charge on any atom is 0.332 e. The van der Waals surface area contributed by atoms with Crippen molar-refractivity contribution < 1.29 is 12.3 Å². The van der Waals surface area contributed by atoms with Gasteiger partial charge in [0, 0.05) is 0 Å². The third kappa shape index (κ3) is 1.88. The zero-order valence-corrected chi connectivity index (χ0v) is 8.57. The lowest BCUT2D eigenvalue weighted by atomic mass is 10.1. The maximum absolute atomic E-state index is 12.8. The van der Waals surface area contributed by atoms with E-state index in [9.17, 15) is 12.3 Å². The van der Waals surface area contributed by atoms with Crippen LogP contribution in [0.5, 0.6) is 0 Å². The lowest BCUT2D eigenvalue weighted by Crippen LogP contribution is -2.00. The van der Waals surface area contributed by atoms with Crippen molar-refractivity contribution in [3.63, 3.8) is 0 Å². The first-order chi connectivity index (χ1) is 5.84. The largest absolute Gasteiger partial charge is 0.332 e. The van der Waals surface area contributed by atoms with E-state index in [0.717, 1.165) is 5.56 Å². The molecule has 0 heterocycles. The summed E-state index contributed by atoms with van der Waals surface area (Å²) in [7, 11) is -4.59. The minimum absolute atomic E-state index is 0.187. The third-order valence-corrected chi connectivity index (χ3v) is 3.23. The van der Waals surface area contributed by atoms with Gasteiger partial charge in [-0.2, -0.15) is 8.42 Å². The summed E-state index contributed by atoms with van der Waals surface area (Å²) in [5.74, 6) is 0. The summed E-state index contributed by atoms with van der Waals surface area (Å²) in [6.45, 7) is 4.94. The Balaban J connectivity index is 3.62. The Bertz CT molecular complexity index is 435. The number of rotatable bonds is 1. The molecule has 0 aliphatic carbocycles. The van der Waals surface area contributed by atoms with E-state index in [1.807, 2.05) is 0 Å². The summed E-state index contributed by atoms with van der Waals surface area (Å²) in [6.07, 6.45) is 0. The van der Waals surface area contributed by atoms with E-state index < -0.39 is 10.2 Å². The topological polar surface area (TPSA) is 34.1 Å². The quantitative estimate of drug-likeness (QED) is 0.655. The molecule has 1 rings (SSSR count). The highest BCUT2D eigenvalue weighted by Gasteiger charge is 2.18.